The molecule has 0 bridgehead atoms. The second-order valence-electron chi connectivity index (χ2n) is 9.59. The molecule has 2 saturated heterocycles. The first-order valence-electron chi connectivity index (χ1n) is 11.4. The number of hydrogen-bond donors (Lipinski definition) is 2. The Morgan fingerprint density at radius 2 is 1.94 bits per heavy atom. The maximum absolute atomic E-state index is 12.6. The number of tetrazole rings is 1. The van der Waals surface area contributed by atoms with E-state index in [1.807, 2.05) is 12.1 Å². The van der Waals surface area contributed by atoms with E-state index < -0.39 is 11.4 Å². The van der Waals surface area contributed by atoms with Crippen LogP contribution in [0.2, 0.25) is 0 Å². The number of carbonyl (C=O) groups is 2. The van der Waals surface area contributed by atoms with Crippen LogP contribution in [-0.2, 0) is 19.1 Å². The van der Waals surface area contributed by atoms with Crippen LogP contribution in [0.25, 0.3) is 5.69 Å². The Balaban J connectivity index is 1.21. The van der Waals surface area contributed by atoms with E-state index in [9.17, 15) is 9.59 Å². The number of hydrogen-bond acceptors (Lipinski definition) is 10. The van der Waals surface area contributed by atoms with E-state index in [4.69, 9.17) is 19.3 Å². The molecular weight excluding hydrogens is 472 g/mol. The molecule has 0 unspecified atom stereocenters. The lowest BCUT2D eigenvalue weighted by Crippen LogP contribution is -2.45. The van der Waals surface area contributed by atoms with Crippen LogP contribution in [0.3, 0.4) is 0 Å². The molecule has 4 heterocycles. The van der Waals surface area contributed by atoms with E-state index in [-0.39, 0.29) is 62.3 Å². The van der Waals surface area contributed by atoms with Gasteiger partial charge in [0.1, 0.15) is 36.7 Å². The lowest BCUT2D eigenvalue weighted by molar-refractivity contribution is -0.139. The van der Waals surface area contributed by atoms with Crippen molar-refractivity contribution in [2.45, 2.75) is 51.0 Å². The second-order valence-corrected chi connectivity index (χ2v) is 9.59. The molecule has 4 atom stereocenters. The van der Waals surface area contributed by atoms with Crippen molar-refractivity contribution in [3.8, 4) is 17.4 Å². The van der Waals surface area contributed by atoms with Crippen molar-refractivity contribution in [2.24, 2.45) is 5.41 Å². The van der Waals surface area contributed by atoms with Gasteiger partial charge in [0.05, 0.1) is 31.4 Å². The minimum Gasteiger partial charge on any atom is -0.481 e. The van der Waals surface area contributed by atoms with Gasteiger partial charge in [-0.3, -0.25) is 9.59 Å². The molecule has 14 nitrogen and oxygen atoms in total. The van der Waals surface area contributed by atoms with Crippen molar-refractivity contribution in [2.75, 3.05) is 13.2 Å². The van der Waals surface area contributed by atoms with Gasteiger partial charge in [0.2, 0.25) is 5.91 Å². The third-order valence-electron chi connectivity index (χ3n) is 6.15. The number of aliphatic carboxylic acids is 1. The Kier molecular flexibility index (Phi) is 6.36. The standard InChI is InChI=1S/C22H26N8O6/c1-22(2,8-18(32)33)7-17(31)25-15-9-34-20-16(10-35-19(15)20)30-21(26-27-28-30)36-14-5-3-13(4-6-14)29-12-23-11-24-29/h3-6,11-12,15-16,19-20H,7-10H2,1-2H3,(H,25,31)(H,32,33)/t15-,16-,19+,20+/m0/s1. The SMILES string of the molecule is CC(C)(CC(=O)O)CC(=O)N[C@H]1CO[C@H]2[C@@H]1OC[C@@H]2n1nnnc1Oc1ccc(-n2cncn2)cc1. The molecule has 2 fully saturated rings. The normalized spacial score (nSPS) is 23.4. The zero-order valence-corrected chi connectivity index (χ0v) is 19.7. The number of carbonyl (C=O) groups excluding carboxylic acids is 1. The lowest BCUT2D eigenvalue weighted by Gasteiger charge is -2.24. The summed E-state index contributed by atoms with van der Waals surface area (Å²) in [5, 5.41) is 27.9. The second kappa shape index (κ2) is 9.62. The highest BCUT2D eigenvalue weighted by molar-refractivity contribution is 5.78. The number of rotatable bonds is 9. The van der Waals surface area contributed by atoms with Gasteiger partial charge in [-0.1, -0.05) is 18.9 Å². The van der Waals surface area contributed by atoms with Crippen LogP contribution in [0, 0.1) is 5.41 Å². The Hall–Kier alpha value is -3.91. The summed E-state index contributed by atoms with van der Waals surface area (Å²) in [7, 11) is 0. The average molecular weight is 499 g/mol. The molecule has 36 heavy (non-hydrogen) atoms. The minimum atomic E-state index is -0.940. The number of nitrogens with zero attached hydrogens (tertiary/aromatic N) is 7. The molecule has 14 heteroatoms. The van der Waals surface area contributed by atoms with Crippen LogP contribution in [-0.4, -0.2) is 83.4 Å². The zero-order valence-electron chi connectivity index (χ0n) is 19.7. The third kappa shape index (κ3) is 5.04. The number of carboxylic acids is 1. The highest BCUT2D eigenvalue weighted by atomic mass is 16.6. The summed E-state index contributed by atoms with van der Waals surface area (Å²) in [6.45, 7) is 4.04. The van der Waals surface area contributed by atoms with Crippen molar-refractivity contribution in [1.29, 1.82) is 0 Å². The predicted molar refractivity (Wildman–Crippen MR) is 120 cm³/mol. The topological polar surface area (TPSA) is 168 Å². The number of ether oxygens (including phenoxy) is 3. The zero-order chi connectivity index (χ0) is 25.3. The van der Waals surface area contributed by atoms with Crippen LogP contribution >= 0.6 is 0 Å². The van der Waals surface area contributed by atoms with E-state index in [0.29, 0.717) is 5.75 Å². The van der Waals surface area contributed by atoms with Crippen molar-refractivity contribution < 1.29 is 28.9 Å². The van der Waals surface area contributed by atoms with Gasteiger partial charge in [0.25, 0.3) is 0 Å². The summed E-state index contributed by atoms with van der Waals surface area (Å²) in [5.41, 5.74) is 0.158. The number of fused-ring (bicyclic) bond motifs is 1. The molecule has 190 valence electrons. The first kappa shape index (κ1) is 23.8. The Morgan fingerprint density at radius 1 is 1.17 bits per heavy atom. The first-order valence-corrected chi connectivity index (χ1v) is 11.4. The van der Waals surface area contributed by atoms with Gasteiger partial charge in [-0.25, -0.2) is 9.67 Å². The molecule has 2 aliphatic rings. The van der Waals surface area contributed by atoms with Crippen molar-refractivity contribution in [3.63, 3.8) is 0 Å². The summed E-state index contributed by atoms with van der Waals surface area (Å²) in [4.78, 5) is 27.5. The summed E-state index contributed by atoms with van der Waals surface area (Å²) in [6.07, 6.45) is 2.26. The van der Waals surface area contributed by atoms with Crippen LogP contribution in [0.4, 0.5) is 0 Å². The molecule has 0 aliphatic carbocycles. The Labute approximate surface area is 205 Å². The number of benzene rings is 1. The van der Waals surface area contributed by atoms with Crippen LogP contribution in [0.1, 0.15) is 32.7 Å². The van der Waals surface area contributed by atoms with Crippen LogP contribution < -0.4 is 10.1 Å². The summed E-state index contributed by atoms with van der Waals surface area (Å²) in [6, 6.07) is 6.68. The fourth-order valence-electron chi connectivity index (χ4n) is 4.55. The van der Waals surface area contributed by atoms with Crippen molar-refractivity contribution in [3.05, 3.63) is 36.9 Å². The minimum absolute atomic E-state index is 0.0807. The molecule has 5 rings (SSSR count). The van der Waals surface area contributed by atoms with Crippen LogP contribution in [0.15, 0.2) is 36.9 Å². The van der Waals surface area contributed by atoms with E-state index in [2.05, 4.69) is 30.9 Å². The smallest absolute Gasteiger partial charge is 0.341 e. The number of carboxylic acid groups (broad SMARTS) is 1. The van der Waals surface area contributed by atoms with E-state index in [0.717, 1.165) is 5.69 Å². The van der Waals surface area contributed by atoms with Gasteiger partial charge in [0.15, 0.2) is 0 Å². The van der Waals surface area contributed by atoms with Gasteiger partial charge >= 0.3 is 12.0 Å². The quantitative estimate of drug-likeness (QED) is 0.427. The third-order valence-corrected chi connectivity index (χ3v) is 6.15. The largest absolute Gasteiger partial charge is 0.481 e. The Morgan fingerprint density at radius 3 is 2.67 bits per heavy atom. The fourth-order valence-corrected chi connectivity index (χ4v) is 4.55. The predicted octanol–water partition coefficient (Wildman–Crippen LogP) is 0.761. The molecule has 3 aromatic rings. The van der Waals surface area contributed by atoms with Gasteiger partial charge in [-0.2, -0.15) is 9.78 Å². The maximum atomic E-state index is 12.6. The molecule has 2 aliphatic heterocycles. The molecule has 0 spiro atoms. The van der Waals surface area contributed by atoms with Crippen molar-refractivity contribution in [1.82, 2.24) is 40.3 Å². The highest BCUT2D eigenvalue weighted by Gasteiger charge is 2.50. The molecule has 0 radical (unpaired) electrons. The van der Waals surface area contributed by atoms with Gasteiger partial charge in [-0.05, 0) is 40.1 Å². The van der Waals surface area contributed by atoms with E-state index in [1.165, 1.54) is 11.0 Å². The molecular formula is C22H26N8O6. The average Bonchev–Trinajstić information content (AvgIpc) is 3.60. The number of aromatic nitrogens is 7. The van der Waals surface area contributed by atoms with Crippen LogP contribution in [0.5, 0.6) is 11.8 Å². The first-order chi connectivity index (χ1) is 17.3. The molecule has 1 amide bonds. The lowest BCUT2D eigenvalue weighted by atomic mass is 9.85. The summed E-state index contributed by atoms with van der Waals surface area (Å²) >= 11 is 0. The van der Waals surface area contributed by atoms with E-state index in [1.54, 1.807) is 37.0 Å². The number of amides is 1. The Bertz CT molecular complexity index is 1210. The maximum Gasteiger partial charge on any atom is 0.341 e. The van der Waals surface area contributed by atoms with E-state index >= 15 is 0 Å². The van der Waals surface area contributed by atoms with Gasteiger partial charge in [0, 0.05) is 6.42 Å². The highest BCUT2D eigenvalue weighted by Crippen LogP contribution is 2.36. The fraction of sp³-hybridized carbons (Fsp3) is 0.500. The van der Waals surface area contributed by atoms with Gasteiger partial charge < -0.3 is 24.6 Å². The van der Waals surface area contributed by atoms with Crippen molar-refractivity contribution >= 4 is 11.9 Å². The molecule has 1 aromatic carbocycles. The molecule has 2 aromatic heterocycles. The summed E-state index contributed by atoms with van der Waals surface area (Å²) in [5.74, 6) is -0.653. The summed E-state index contributed by atoms with van der Waals surface area (Å²) < 4.78 is 21.0. The number of nitrogens with one attached hydrogen (secondary N) is 1. The molecule has 2 N–H and O–H groups in total. The molecule has 0 saturated carbocycles. The van der Waals surface area contributed by atoms with Gasteiger partial charge in [-0.15, -0.1) is 0 Å². The monoisotopic (exact) mass is 498 g/mol.